The minimum atomic E-state index is -0.372. The molecule has 31 heavy (non-hydrogen) atoms. The van der Waals surface area contributed by atoms with Gasteiger partial charge in [-0.05, 0) is 5.56 Å². The summed E-state index contributed by atoms with van der Waals surface area (Å²) in [5, 5.41) is 23.1. The quantitative estimate of drug-likeness (QED) is 0.329. The number of nitro groups is 1. The van der Waals surface area contributed by atoms with Crippen molar-refractivity contribution < 1.29 is 4.92 Å². The predicted molar refractivity (Wildman–Crippen MR) is 130 cm³/mol. The summed E-state index contributed by atoms with van der Waals surface area (Å²) in [6.45, 7) is 0. The number of non-ortho nitro benzene ring substituents is 1. The second-order valence-electron chi connectivity index (χ2n) is 6.85. The Morgan fingerprint density at radius 2 is 1.55 bits per heavy atom. The highest BCUT2D eigenvalue weighted by Crippen LogP contribution is 2.43. The number of hydrogen-bond donors (Lipinski definition) is 0. The van der Waals surface area contributed by atoms with Crippen molar-refractivity contribution in [3.63, 3.8) is 0 Å². The zero-order valence-electron chi connectivity index (χ0n) is 16.2. The number of halogens is 1. The molecule has 0 fully saturated rings. The van der Waals surface area contributed by atoms with Gasteiger partial charge >= 0.3 is 0 Å². The van der Waals surface area contributed by atoms with Crippen molar-refractivity contribution in [1.29, 1.82) is 0 Å². The van der Waals surface area contributed by atoms with E-state index in [4.69, 9.17) is 0 Å². The topological polar surface area (TPSA) is 71.1 Å². The molecule has 2 heterocycles. The van der Waals surface area contributed by atoms with Crippen LogP contribution >= 0.6 is 28.7 Å². The van der Waals surface area contributed by atoms with Crippen LogP contribution in [0.25, 0.3) is 5.70 Å². The Bertz CT molecular complexity index is 1210. The summed E-state index contributed by atoms with van der Waals surface area (Å²) >= 11 is 1.48. The fourth-order valence-corrected chi connectivity index (χ4v) is 4.54. The molecule has 0 N–H and O–H groups in total. The standard InChI is InChI=1S/C23H16N4O2S.BrH/c28-27(29)19-13-7-12-18(14-19)20-15-30-23-25-24-21(16-8-3-1-4-9-16)22(26(20)23)17-10-5-2-6-11-17;/h1-15,22H;1H. The monoisotopic (exact) mass is 492 g/mol. The molecule has 0 saturated carbocycles. The molecule has 5 rings (SSSR count). The minimum absolute atomic E-state index is 0. The third-order valence-electron chi connectivity index (χ3n) is 5.04. The third kappa shape index (κ3) is 3.92. The molecule has 0 radical (unpaired) electrons. The fourth-order valence-electron chi connectivity index (χ4n) is 3.67. The molecule has 2 aliphatic heterocycles. The van der Waals surface area contributed by atoms with Crippen molar-refractivity contribution in [3.8, 4) is 0 Å². The molecular formula is C23H17BrN4O2S. The van der Waals surface area contributed by atoms with Gasteiger partial charge in [-0.2, -0.15) is 0 Å². The maximum atomic E-state index is 11.3. The normalized spacial score (nSPS) is 17.1. The predicted octanol–water partition coefficient (Wildman–Crippen LogP) is 6.04. The molecule has 0 spiro atoms. The summed E-state index contributed by atoms with van der Waals surface area (Å²) in [4.78, 5) is 13.0. The Hall–Kier alpha value is -3.23. The van der Waals surface area contributed by atoms with Crippen LogP contribution in [0.4, 0.5) is 5.69 Å². The van der Waals surface area contributed by atoms with Crippen LogP contribution in [0.15, 0.2) is 101 Å². The van der Waals surface area contributed by atoms with Gasteiger partial charge in [0.25, 0.3) is 5.69 Å². The first-order valence-corrected chi connectivity index (χ1v) is 10.3. The Kier molecular flexibility index (Phi) is 6.01. The number of thioether (sulfide) groups is 1. The molecule has 0 aromatic heterocycles. The lowest BCUT2D eigenvalue weighted by molar-refractivity contribution is -0.384. The highest BCUT2D eigenvalue weighted by molar-refractivity contribution is 8.93. The van der Waals surface area contributed by atoms with E-state index in [2.05, 4.69) is 27.2 Å². The fraction of sp³-hybridized carbons (Fsp3) is 0.0435. The van der Waals surface area contributed by atoms with E-state index in [1.54, 1.807) is 12.1 Å². The molecule has 0 aliphatic carbocycles. The summed E-state index contributed by atoms with van der Waals surface area (Å²) in [6.07, 6.45) is 0. The van der Waals surface area contributed by atoms with Crippen molar-refractivity contribution in [2.45, 2.75) is 6.04 Å². The Labute approximate surface area is 193 Å². The third-order valence-corrected chi connectivity index (χ3v) is 5.87. The second-order valence-corrected chi connectivity index (χ2v) is 7.68. The Morgan fingerprint density at radius 1 is 0.871 bits per heavy atom. The van der Waals surface area contributed by atoms with Gasteiger partial charge < -0.3 is 4.90 Å². The smallest absolute Gasteiger partial charge is 0.270 e. The molecule has 1 unspecified atom stereocenters. The van der Waals surface area contributed by atoms with E-state index in [9.17, 15) is 10.1 Å². The van der Waals surface area contributed by atoms with Gasteiger partial charge in [0.05, 0.1) is 16.3 Å². The molecule has 3 aromatic rings. The molecule has 8 heteroatoms. The largest absolute Gasteiger partial charge is 0.305 e. The zero-order valence-corrected chi connectivity index (χ0v) is 18.7. The lowest BCUT2D eigenvalue weighted by Crippen LogP contribution is -2.37. The number of benzene rings is 3. The van der Waals surface area contributed by atoms with Crippen molar-refractivity contribution in [2.75, 3.05) is 0 Å². The molecule has 1 atom stereocenters. The van der Waals surface area contributed by atoms with Crippen molar-refractivity contribution in [3.05, 3.63) is 117 Å². The number of amidine groups is 1. The number of fused-ring (bicyclic) bond motifs is 1. The van der Waals surface area contributed by atoms with Gasteiger partial charge in [-0.15, -0.1) is 27.2 Å². The van der Waals surface area contributed by atoms with Crippen LogP contribution in [0.3, 0.4) is 0 Å². The minimum Gasteiger partial charge on any atom is -0.305 e. The maximum absolute atomic E-state index is 11.3. The molecule has 0 amide bonds. The number of nitro benzene ring substituents is 1. The van der Waals surface area contributed by atoms with Gasteiger partial charge in [0.2, 0.25) is 0 Å². The van der Waals surface area contributed by atoms with E-state index < -0.39 is 0 Å². The summed E-state index contributed by atoms with van der Waals surface area (Å²) < 4.78 is 0. The number of rotatable bonds is 4. The molecule has 3 aromatic carbocycles. The second kappa shape index (κ2) is 8.87. The van der Waals surface area contributed by atoms with Gasteiger partial charge in [0.15, 0.2) is 5.17 Å². The SMILES string of the molecule is Br.O=[N+]([O-])c1cccc(C2=CSC3=NN=C(c4ccccc4)C(c4ccccc4)N23)c1. The summed E-state index contributed by atoms with van der Waals surface area (Å²) in [7, 11) is 0. The van der Waals surface area contributed by atoms with E-state index in [0.717, 1.165) is 33.3 Å². The van der Waals surface area contributed by atoms with Gasteiger partial charge in [-0.25, -0.2) is 0 Å². The van der Waals surface area contributed by atoms with E-state index in [1.165, 1.54) is 17.8 Å². The molecule has 2 aliphatic rings. The van der Waals surface area contributed by atoms with Gasteiger partial charge in [-0.3, -0.25) is 10.1 Å². The molecule has 0 bridgehead atoms. The van der Waals surface area contributed by atoms with Crippen LogP contribution in [-0.2, 0) is 0 Å². The highest BCUT2D eigenvalue weighted by atomic mass is 79.9. The summed E-state index contributed by atoms with van der Waals surface area (Å²) in [5.41, 5.74) is 4.62. The van der Waals surface area contributed by atoms with Crippen LogP contribution in [0, 0.1) is 10.1 Å². The van der Waals surface area contributed by atoms with Crippen LogP contribution in [0.2, 0.25) is 0 Å². The van der Waals surface area contributed by atoms with Crippen molar-refractivity contribution in [2.24, 2.45) is 10.2 Å². The first-order valence-electron chi connectivity index (χ1n) is 9.39. The Morgan fingerprint density at radius 3 is 2.26 bits per heavy atom. The average molecular weight is 493 g/mol. The van der Waals surface area contributed by atoms with E-state index in [0.29, 0.717) is 0 Å². The van der Waals surface area contributed by atoms with Crippen LogP contribution in [0.1, 0.15) is 22.7 Å². The first-order chi connectivity index (χ1) is 14.7. The summed E-state index contributed by atoms with van der Waals surface area (Å²) in [5.74, 6) is 0. The van der Waals surface area contributed by atoms with E-state index in [1.807, 2.05) is 60.0 Å². The lowest BCUT2D eigenvalue weighted by Gasteiger charge is -2.34. The van der Waals surface area contributed by atoms with Crippen LogP contribution in [-0.4, -0.2) is 20.7 Å². The Balaban J connectivity index is 0.00000231. The zero-order chi connectivity index (χ0) is 20.5. The molecular weight excluding hydrogens is 476 g/mol. The number of nitrogens with zero attached hydrogens (tertiary/aromatic N) is 4. The highest BCUT2D eigenvalue weighted by Gasteiger charge is 2.38. The van der Waals surface area contributed by atoms with E-state index in [-0.39, 0.29) is 33.6 Å². The van der Waals surface area contributed by atoms with Gasteiger partial charge in [0.1, 0.15) is 6.04 Å². The van der Waals surface area contributed by atoms with Gasteiger partial charge in [-0.1, -0.05) is 84.6 Å². The summed E-state index contributed by atoms with van der Waals surface area (Å²) in [6, 6.07) is 26.6. The van der Waals surface area contributed by atoms with E-state index >= 15 is 0 Å². The molecule has 154 valence electrons. The molecule has 6 nitrogen and oxygen atoms in total. The van der Waals surface area contributed by atoms with Crippen LogP contribution < -0.4 is 0 Å². The molecule has 0 saturated heterocycles. The first kappa shape index (κ1) is 21.0. The van der Waals surface area contributed by atoms with Crippen LogP contribution in [0.5, 0.6) is 0 Å². The average Bonchev–Trinajstić information content (AvgIpc) is 3.24. The van der Waals surface area contributed by atoms with Crippen molar-refractivity contribution >= 4 is 51.0 Å². The lowest BCUT2D eigenvalue weighted by atomic mass is 9.94. The number of hydrogen-bond acceptors (Lipinski definition) is 6. The maximum Gasteiger partial charge on any atom is 0.270 e. The van der Waals surface area contributed by atoms with Crippen molar-refractivity contribution in [1.82, 2.24) is 4.90 Å². The van der Waals surface area contributed by atoms with Gasteiger partial charge in [0, 0.05) is 28.7 Å².